The van der Waals surface area contributed by atoms with Crippen LogP contribution >= 0.6 is 0 Å². The fourth-order valence-electron chi connectivity index (χ4n) is 1.94. The first-order valence-corrected chi connectivity index (χ1v) is 5.98. The Labute approximate surface area is 114 Å². The molecule has 20 heavy (non-hydrogen) atoms. The Balaban J connectivity index is 2.31. The van der Waals surface area contributed by atoms with Gasteiger partial charge in [0.1, 0.15) is 0 Å². The highest BCUT2D eigenvalue weighted by Crippen LogP contribution is 2.18. The number of Topliss-reactive ketones (excluding diaryl/α,β-unsaturated/α-hetero) is 1. The standard InChI is InChI=1S/C15H12F3NO/c16-12-6-5-11(14(17)15(12)18)13(20)7-9-3-1-2-4-10(9)8-19/h1-6H,7-8,19H2. The van der Waals surface area contributed by atoms with Gasteiger partial charge in [-0.3, -0.25) is 4.79 Å². The molecule has 0 fully saturated rings. The maximum atomic E-state index is 13.5. The Bertz CT molecular complexity index is 656. The van der Waals surface area contributed by atoms with Crippen LogP contribution in [0.4, 0.5) is 13.2 Å². The van der Waals surface area contributed by atoms with Gasteiger partial charge in [0.25, 0.3) is 0 Å². The number of halogens is 3. The SMILES string of the molecule is NCc1ccccc1CC(=O)c1ccc(F)c(F)c1F. The molecule has 0 aliphatic heterocycles. The monoisotopic (exact) mass is 279 g/mol. The molecular weight excluding hydrogens is 267 g/mol. The van der Waals surface area contributed by atoms with E-state index in [2.05, 4.69) is 0 Å². The van der Waals surface area contributed by atoms with E-state index in [9.17, 15) is 18.0 Å². The molecule has 0 saturated carbocycles. The molecule has 0 unspecified atom stereocenters. The van der Waals surface area contributed by atoms with E-state index < -0.39 is 28.8 Å². The first-order chi connectivity index (χ1) is 9.54. The van der Waals surface area contributed by atoms with Gasteiger partial charge < -0.3 is 5.73 Å². The van der Waals surface area contributed by atoms with Crippen molar-refractivity contribution in [2.24, 2.45) is 5.73 Å². The van der Waals surface area contributed by atoms with Gasteiger partial charge in [0.2, 0.25) is 0 Å². The molecule has 2 aromatic carbocycles. The molecule has 2 N–H and O–H groups in total. The molecule has 0 amide bonds. The first kappa shape index (κ1) is 14.3. The van der Waals surface area contributed by atoms with Crippen LogP contribution in [0.5, 0.6) is 0 Å². The predicted molar refractivity (Wildman–Crippen MR) is 68.7 cm³/mol. The van der Waals surface area contributed by atoms with E-state index in [1.165, 1.54) is 0 Å². The van der Waals surface area contributed by atoms with E-state index in [1.807, 2.05) is 0 Å². The van der Waals surface area contributed by atoms with Crippen LogP contribution in [-0.4, -0.2) is 5.78 Å². The summed E-state index contributed by atoms with van der Waals surface area (Å²) in [5.74, 6) is -5.04. The van der Waals surface area contributed by atoms with Crippen molar-refractivity contribution in [3.05, 3.63) is 70.5 Å². The minimum atomic E-state index is -1.64. The quantitative estimate of drug-likeness (QED) is 0.690. The first-order valence-electron chi connectivity index (χ1n) is 5.98. The van der Waals surface area contributed by atoms with Crippen molar-refractivity contribution >= 4 is 5.78 Å². The fraction of sp³-hybridized carbons (Fsp3) is 0.133. The van der Waals surface area contributed by atoms with Crippen LogP contribution in [-0.2, 0) is 13.0 Å². The number of rotatable bonds is 4. The second-order valence-corrected chi connectivity index (χ2v) is 4.30. The van der Waals surface area contributed by atoms with Crippen LogP contribution in [0.15, 0.2) is 36.4 Å². The Morgan fingerprint density at radius 3 is 2.25 bits per heavy atom. The molecule has 0 spiro atoms. The van der Waals surface area contributed by atoms with Gasteiger partial charge in [-0.05, 0) is 23.3 Å². The van der Waals surface area contributed by atoms with Gasteiger partial charge in [-0.25, -0.2) is 13.2 Å². The highest BCUT2D eigenvalue weighted by Gasteiger charge is 2.19. The second kappa shape index (κ2) is 5.88. The summed E-state index contributed by atoms with van der Waals surface area (Å²) in [6.45, 7) is 0.240. The lowest BCUT2D eigenvalue weighted by molar-refractivity contribution is 0.0987. The fourth-order valence-corrected chi connectivity index (χ4v) is 1.94. The van der Waals surface area contributed by atoms with E-state index >= 15 is 0 Å². The third-order valence-electron chi connectivity index (χ3n) is 3.02. The summed E-state index contributed by atoms with van der Waals surface area (Å²) in [7, 11) is 0. The molecule has 0 aromatic heterocycles. The average molecular weight is 279 g/mol. The molecular formula is C15H12F3NO. The lowest BCUT2D eigenvalue weighted by Crippen LogP contribution is -2.11. The van der Waals surface area contributed by atoms with Gasteiger partial charge in [0.05, 0.1) is 5.56 Å². The molecule has 0 aliphatic carbocycles. The molecule has 0 atom stereocenters. The van der Waals surface area contributed by atoms with E-state index in [4.69, 9.17) is 5.73 Å². The number of hydrogen-bond donors (Lipinski definition) is 1. The van der Waals surface area contributed by atoms with Gasteiger partial charge in [-0.15, -0.1) is 0 Å². The zero-order chi connectivity index (χ0) is 14.7. The van der Waals surface area contributed by atoms with Crippen LogP contribution in [0.3, 0.4) is 0 Å². The molecule has 0 radical (unpaired) electrons. The van der Waals surface area contributed by atoms with E-state index in [-0.39, 0.29) is 13.0 Å². The van der Waals surface area contributed by atoms with Crippen LogP contribution in [0.1, 0.15) is 21.5 Å². The summed E-state index contributed by atoms with van der Waals surface area (Å²) in [6, 6.07) is 8.63. The molecule has 104 valence electrons. The Kier molecular flexibility index (Phi) is 4.20. The molecule has 2 aromatic rings. The molecule has 2 rings (SSSR count). The maximum absolute atomic E-state index is 13.5. The average Bonchev–Trinajstić information content (AvgIpc) is 2.45. The largest absolute Gasteiger partial charge is 0.326 e. The summed E-state index contributed by atoms with van der Waals surface area (Å²) in [5, 5.41) is 0. The summed E-state index contributed by atoms with van der Waals surface area (Å²) in [5.41, 5.74) is 6.48. The van der Waals surface area contributed by atoms with Gasteiger partial charge in [0.15, 0.2) is 23.2 Å². The molecule has 0 bridgehead atoms. The lowest BCUT2D eigenvalue weighted by atomic mass is 9.98. The van der Waals surface area contributed by atoms with Gasteiger partial charge in [-0.1, -0.05) is 24.3 Å². The molecule has 0 saturated heterocycles. The minimum absolute atomic E-state index is 0.116. The van der Waals surface area contributed by atoms with E-state index in [0.717, 1.165) is 17.7 Å². The third kappa shape index (κ3) is 2.72. The summed E-state index contributed by atoms with van der Waals surface area (Å²) < 4.78 is 39.5. The third-order valence-corrected chi connectivity index (χ3v) is 3.02. The highest BCUT2D eigenvalue weighted by molar-refractivity contribution is 5.97. The summed E-state index contributed by atoms with van der Waals surface area (Å²) >= 11 is 0. The lowest BCUT2D eigenvalue weighted by Gasteiger charge is -2.08. The summed E-state index contributed by atoms with van der Waals surface area (Å²) in [6.07, 6.45) is -0.116. The van der Waals surface area contributed by atoms with Crippen LogP contribution in [0, 0.1) is 17.5 Å². The number of carbonyl (C=O) groups excluding carboxylic acids is 1. The van der Waals surface area contributed by atoms with Crippen molar-refractivity contribution in [1.82, 2.24) is 0 Å². The molecule has 0 aliphatic rings. The Hall–Kier alpha value is -2.14. The van der Waals surface area contributed by atoms with Crippen molar-refractivity contribution in [2.45, 2.75) is 13.0 Å². The Morgan fingerprint density at radius 2 is 1.60 bits per heavy atom. The van der Waals surface area contributed by atoms with Crippen LogP contribution in [0.25, 0.3) is 0 Å². The minimum Gasteiger partial charge on any atom is -0.326 e. The van der Waals surface area contributed by atoms with Gasteiger partial charge in [-0.2, -0.15) is 0 Å². The number of benzene rings is 2. The predicted octanol–water partition coefficient (Wildman–Crippen LogP) is 2.99. The van der Waals surface area contributed by atoms with Crippen molar-refractivity contribution in [1.29, 1.82) is 0 Å². The highest BCUT2D eigenvalue weighted by atomic mass is 19.2. The smallest absolute Gasteiger partial charge is 0.195 e. The number of nitrogens with two attached hydrogens (primary N) is 1. The molecule has 5 heteroatoms. The summed E-state index contributed by atoms with van der Waals surface area (Å²) in [4.78, 5) is 12.0. The zero-order valence-corrected chi connectivity index (χ0v) is 10.5. The second-order valence-electron chi connectivity index (χ2n) is 4.30. The molecule has 2 nitrogen and oxygen atoms in total. The number of ketones is 1. The number of carbonyl (C=O) groups is 1. The van der Waals surface area contributed by atoms with E-state index in [1.54, 1.807) is 24.3 Å². The molecule has 0 heterocycles. The topological polar surface area (TPSA) is 43.1 Å². The van der Waals surface area contributed by atoms with Crippen LogP contribution in [0.2, 0.25) is 0 Å². The Morgan fingerprint density at radius 1 is 0.950 bits per heavy atom. The van der Waals surface area contributed by atoms with Crippen molar-refractivity contribution < 1.29 is 18.0 Å². The van der Waals surface area contributed by atoms with Gasteiger partial charge >= 0.3 is 0 Å². The van der Waals surface area contributed by atoms with Gasteiger partial charge in [0, 0.05) is 13.0 Å². The van der Waals surface area contributed by atoms with Crippen molar-refractivity contribution in [3.8, 4) is 0 Å². The zero-order valence-electron chi connectivity index (χ0n) is 10.5. The number of hydrogen-bond acceptors (Lipinski definition) is 2. The van der Waals surface area contributed by atoms with E-state index in [0.29, 0.717) is 5.56 Å². The van der Waals surface area contributed by atoms with Crippen molar-refractivity contribution in [2.75, 3.05) is 0 Å². The van der Waals surface area contributed by atoms with Crippen LogP contribution < -0.4 is 5.73 Å². The normalized spacial score (nSPS) is 10.6. The van der Waals surface area contributed by atoms with Crippen molar-refractivity contribution in [3.63, 3.8) is 0 Å². The maximum Gasteiger partial charge on any atom is 0.195 e.